The van der Waals surface area contributed by atoms with Gasteiger partial charge in [-0.3, -0.25) is 4.98 Å². The summed E-state index contributed by atoms with van der Waals surface area (Å²) >= 11 is 0. The maximum absolute atomic E-state index is 9.98. The Labute approximate surface area is 95.3 Å². The topological polar surface area (TPSA) is 36.4 Å². The smallest absolute Gasteiger partial charge is 0.0917 e. The molecule has 16 heavy (non-hydrogen) atoms. The van der Waals surface area contributed by atoms with Crippen molar-refractivity contribution in [2.24, 2.45) is 0 Å². The highest BCUT2D eigenvalue weighted by molar-refractivity contribution is 5.78. The van der Waals surface area contributed by atoms with Crippen molar-refractivity contribution >= 4 is 10.9 Å². The predicted molar refractivity (Wildman–Crippen MR) is 65.3 cm³/mol. The Balaban J connectivity index is 2.32. The van der Waals surface area contributed by atoms with Crippen molar-refractivity contribution < 1.29 is 5.11 Å². The van der Waals surface area contributed by atoms with E-state index in [-0.39, 0.29) is 0 Å². The Morgan fingerprint density at radius 3 is 2.88 bits per heavy atom. The predicted octanol–water partition coefficient (Wildman–Crippen LogP) is 1.83. The molecule has 0 bridgehead atoms. The Kier molecular flexibility index (Phi) is 3.17. The van der Waals surface area contributed by atoms with Crippen LogP contribution in [0.3, 0.4) is 0 Å². The Morgan fingerprint density at radius 1 is 1.31 bits per heavy atom. The third-order valence-corrected chi connectivity index (χ3v) is 2.55. The van der Waals surface area contributed by atoms with Crippen molar-refractivity contribution in [3.8, 4) is 0 Å². The molecular weight excluding hydrogens is 200 g/mol. The molecule has 84 valence electrons. The molecule has 1 unspecified atom stereocenters. The molecule has 0 amide bonds. The summed E-state index contributed by atoms with van der Waals surface area (Å²) in [5.41, 5.74) is 1.85. The van der Waals surface area contributed by atoms with E-state index in [2.05, 4.69) is 4.98 Å². The van der Waals surface area contributed by atoms with E-state index in [1.54, 1.807) is 6.20 Å². The first-order valence-corrected chi connectivity index (χ1v) is 5.34. The molecule has 0 saturated heterocycles. The summed E-state index contributed by atoms with van der Waals surface area (Å²) in [5, 5.41) is 11.1. The normalized spacial score (nSPS) is 13.2. The highest BCUT2D eigenvalue weighted by Gasteiger charge is 2.09. The molecule has 0 aliphatic rings. The minimum absolute atomic E-state index is 0.457. The highest BCUT2D eigenvalue weighted by atomic mass is 16.3. The number of hydrogen-bond acceptors (Lipinski definition) is 3. The number of rotatable bonds is 3. The van der Waals surface area contributed by atoms with Crippen LogP contribution in [0, 0.1) is 0 Å². The summed E-state index contributed by atoms with van der Waals surface area (Å²) in [4.78, 5) is 6.24. The third-order valence-electron chi connectivity index (χ3n) is 2.55. The first-order valence-electron chi connectivity index (χ1n) is 5.34. The van der Waals surface area contributed by atoms with E-state index in [0.29, 0.717) is 6.54 Å². The van der Waals surface area contributed by atoms with Gasteiger partial charge in [-0.05, 0) is 31.8 Å². The Hall–Kier alpha value is -1.45. The number of aliphatic hydroxyl groups excluding tert-OH is 1. The molecule has 1 aromatic carbocycles. The van der Waals surface area contributed by atoms with Crippen molar-refractivity contribution in [3.63, 3.8) is 0 Å². The van der Waals surface area contributed by atoms with E-state index >= 15 is 0 Å². The fraction of sp³-hybridized carbons (Fsp3) is 0.308. The van der Waals surface area contributed by atoms with E-state index in [4.69, 9.17) is 0 Å². The van der Waals surface area contributed by atoms with Gasteiger partial charge in [0.25, 0.3) is 0 Å². The quantitative estimate of drug-likeness (QED) is 0.850. The second-order valence-electron chi connectivity index (χ2n) is 4.23. The van der Waals surface area contributed by atoms with Crippen molar-refractivity contribution in [1.82, 2.24) is 9.88 Å². The fourth-order valence-electron chi connectivity index (χ4n) is 1.74. The van der Waals surface area contributed by atoms with Crippen LogP contribution in [0.25, 0.3) is 10.9 Å². The average molecular weight is 216 g/mol. The second-order valence-corrected chi connectivity index (χ2v) is 4.23. The van der Waals surface area contributed by atoms with Crippen LogP contribution in [-0.2, 0) is 0 Å². The molecule has 0 aliphatic carbocycles. The van der Waals surface area contributed by atoms with E-state index in [9.17, 15) is 5.11 Å². The first kappa shape index (κ1) is 11.0. The molecule has 0 fully saturated rings. The molecular formula is C13H16N2O. The number of pyridine rings is 1. The lowest BCUT2D eigenvalue weighted by Crippen LogP contribution is -2.19. The molecule has 2 aromatic rings. The van der Waals surface area contributed by atoms with Crippen LogP contribution >= 0.6 is 0 Å². The minimum atomic E-state index is -0.457. The van der Waals surface area contributed by atoms with Gasteiger partial charge < -0.3 is 10.0 Å². The minimum Gasteiger partial charge on any atom is -0.387 e. The van der Waals surface area contributed by atoms with Gasteiger partial charge in [-0.25, -0.2) is 0 Å². The summed E-state index contributed by atoms with van der Waals surface area (Å²) < 4.78 is 0. The number of benzene rings is 1. The number of hydrogen-bond donors (Lipinski definition) is 1. The summed E-state index contributed by atoms with van der Waals surface area (Å²) in [7, 11) is 3.89. The summed E-state index contributed by atoms with van der Waals surface area (Å²) in [6.07, 6.45) is 1.31. The molecule has 1 N–H and O–H groups in total. The Bertz CT molecular complexity index is 482. The molecule has 1 atom stereocenters. The van der Waals surface area contributed by atoms with Gasteiger partial charge in [0.2, 0.25) is 0 Å². The van der Waals surface area contributed by atoms with Crippen molar-refractivity contribution in [2.75, 3.05) is 20.6 Å². The largest absolute Gasteiger partial charge is 0.387 e. The van der Waals surface area contributed by atoms with Gasteiger partial charge in [0.15, 0.2) is 0 Å². The van der Waals surface area contributed by atoms with Gasteiger partial charge in [-0.1, -0.05) is 18.2 Å². The standard InChI is InChI=1S/C13H16N2O/c1-15(2)9-13(16)11-6-5-10-4-3-7-14-12(10)8-11/h3-8,13,16H,9H2,1-2H3. The maximum Gasteiger partial charge on any atom is 0.0917 e. The Morgan fingerprint density at radius 2 is 2.12 bits per heavy atom. The lowest BCUT2D eigenvalue weighted by Gasteiger charge is -2.16. The number of likely N-dealkylation sites (N-methyl/N-ethyl adjacent to an activating group) is 1. The number of fused-ring (bicyclic) bond motifs is 1. The molecule has 0 radical (unpaired) electrons. The van der Waals surface area contributed by atoms with E-state index in [1.165, 1.54) is 0 Å². The lowest BCUT2D eigenvalue weighted by atomic mass is 10.1. The maximum atomic E-state index is 9.98. The highest BCUT2D eigenvalue weighted by Crippen LogP contribution is 2.19. The van der Waals surface area contributed by atoms with Crippen LogP contribution in [0.5, 0.6) is 0 Å². The third kappa shape index (κ3) is 2.38. The molecule has 1 heterocycles. The van der Waals surface area contributed by atoms with Crippen molar-refractivity contribution in [2.45, 2.75) is 6.10 Å². The number of aromatic nitrogens is 1. The lowest BCUT2D eigenvalue weighted by molar-refractivity contribution is 0.138. The monoisotopic (exact) mass is 216 g/mol. The zero-order valence-electron chi connectivity index (χ0n) is 9.59. The van der Waals surface area contributed by atoms with E-state index in [1.807, 2.05) is 49.3 Å². The fourth-order valence-corrected chi connectivity index (χ4v) is 1.74. The van der Waals surface area contributed by atoms with Gasteiger partial charge in [0.1, 0.15) is 0 Å². The van der Waals surface area contributed by atoms with Gasteiger partial charge >= 0.3 is 0 Å². The zero-order valence-corrected chi connectivity index (χ0v) is 9.59. The molecule has 0 saturated carbocycles. The van der Waals surface area contributed by atoms with E-state index in [0.717, 1.165) is 16.5 Å². The van der Waals surface area contributed by atoms with Crippen LogP contribution < -0.4 is 0 Å². The van der Waals surface area contributed by atoms with Crippen LogP contribution in [0.4, 0.5) is 0 Å². The second kappa shape index (κ2) is 4.60. The summed E-state index contributed by atoms with van der Waals surface area (Å²) in [6.45, 7) is 0.623. The molecule has 3 nitrogen and oxygen atoms in total. The number of aliphatic hydroxyl groups is 1. The van der Waals surface area contributed by atoms with Gasteiger partial charge in [0, 0.05) is 18.1 Å². The first-order chi connectivity index (χ1) is 7.66. The van der Waals surface area contributed by atoms with Crippen molar-refractivity contribution in [1.29, 1.82) is 0 Å². The van der Waals surface area contributed by atoms with Crippen LogP contribution in [0.15, 0.2) is 36.5 Å². The van der Waals surface area contributed by atoms with Crippen LogP contribution in [-0.4, -0.2) is 35.6 Å². The molecule has 0 spiro atoms. The van der Waals surface area contributed by atoms with Gasteiger partial charge in [0.05, 0.1) is 11.6 Å². The zero-order chi connectivity index (χ0) is 11.5. The summed E-state index contributed by atoms with van der Waals surface area (Å²) in [6, 6.07) is 9.83. The van der Waals surface area contributed by atoms with Gasteiger partial charge in [-0.2, -0.15) is 0 Å². The van der Waals surface area contributed by atoms with Crippen molar-refractivity contribution in [3.05, 3.63) is 42.1 Å². The molecule has 0 aliphatic heterocycles. The SMILES string of the molecule is CN(C)CC(O)c1ccc2cccnc2c1. The molecule has 1 aromatic heterocycles. The van der Waals surface area contributed by atoms with Gasteiger partial charge in [-0.15, -0.1) is 0 Å². The van der Waals surface area contributed by atoms with Crippen LogP contribution in [0.2, 0.25) is 0 Å². The van der Waals surface area contributed by atoms with Crippen LogP contribution in [0.1, 0.15) is 11.7 Å². The molecule has 2 rings (SSSR count). The number of nitrogens with zero attached hydrogens (tertiary/aromatic N) is 2. The summed E-state index contributed by atoms with van der Waals surface area (Å²) in [5.74, 6) is 0. The van der Waals surface area contributed by atoms with E-state index < -0.39 is 6.10 Å². The molecule has 3 heteroatoms. The average Bonchev–Trinajstić information content (AvgIpc) is 2.27.